The van der Waals surface area contributed by atoms with Crippen molar-refractivity contribution < 1.29 is 0 Å². The number of aryl methyl sites for hydroxylation is 1. The molecule has 152 valence electrons. The summed E-state index contributed by atoms with van der Waals surface area (Å²) >= 11 is 1.71. The molecule has 0 spiro atoms. The lowest BCUT2D eigenvalue weighted by molar-refractivity contribution is 0.648. The molecule has 0 fully saturated rings. The topological polar surface area (TPSA) is 50.7 Å². The molecule has 1 N–H and O–H groups in total. The van der Waals surface area contributed by atoms with Crippen LogP contribution in [0.1, 0.15) is 41.5 Å². The maximum atomic E-state index is 5.05. The predicted octanol–water partition coefficient (Wildman–Crippen LogP) is 5.73. The number of benzene rings is 2. The number of nitrogens with one attached hydrogen (secondary N) is 1. The molecule has 0 radical (unpaired) electrons. The van der Waals surface area contributed by atoms with Gasteiger partial charge in [0.2, 0.25) is 0 Å². The lowest BCUT2D eigenvalue weighted by atomic mass is 9.82. The van der Waals surface area contributed by atoms with E-state index in [9.17, 15) is 0 Å². The number of thiazole rings is 1. The third-order valence-corrected chi connectivity index (χ3v) is 7.37. The van der Waals surface area contributed by atoms with Crippen LogP contribution < -0.4 is 5.32 Å². The Morgan fingerprint density at radius 2 is 1.74 bits per heavy atom. The Bertz CT molecular complexity index is 1390. The minimum Gasteiger partial charge on any atom is -0.378 e. The second kappa shape index (κ2) is 6.59. The number of dihydropyridines is 1. The normalized spacial score (nSPS) is 16.4. The first kappa shape index (κ1) is 18.5. The summed E-state index contributed by atoms with van der Waals surface area (Å²) in [6.07, 6.45) is 4.23. The molecule has 1 aliphatic heterocycles. The zero-order valence-corrected chi connectivity index (χ0v) is 18.5. The monoisotopic (exact) mass is 422 g/mol. The number of allylic oxidation sites excluding steroid dienone is 2. The summed E-state index contributed by atoms with van der Waals surface area (Å²) in [5, 5.41) is 4.54. The third-order valence-electron chi connectivity index (χ3n) is 6.30. The van der Waals surface area contributed by atoms with E-state index >= 15 is 0 Å². The van der Waals surface area contributed by atoms with Gasteiger partial charge in [0.25, 0.3) is 0 Å². The highest BCUT2D eigenvalue weighted by atomic mass is 32.1. The Hall–Kier alpha value is -3.31. The summed E-state index contributed by atoms with van der Waals surface area (Å²) in [7, 11) is 0. The van der Waals surface area contributed by atoms with E-state index in [1.807, 2.05) is 6.07 Å². The average Bonchev–Trinajstić information content (AvgIpc) is 3.32. The number of aromatic nitrogens is 3. The standard InChI is InChI=1S/C26H22N4S/c1-15-22-23(17-8-4-5-9-18(17)26(22,2)3)30-24(28-15)16-12-13-20(27-14-16)25-29-19-10-6-7-11-21(19)31-25/h4-13,27H,14H2,1-3H3. The van der Waals surface area contributed by atoms with Gasteiger partial charge in [-0.2, -0.15) is 0 Å². The van der Waals surface area contributed by atoms with Gasteiger partial charge in [-0.3, -0.25) is 0 Å². The molecule has 0 amide bonds. The van der Waals surface area contributed by atoms with Crippen molar-refractivity contribution in [3.05, 3.63) is 88.3 Å². The number of fused-ring (bicyclic) bond motifs is 4. The number of rotatable bonds is 2. The highest BCUT2D eigenvalue weighted by molar-refractivity contribution is 7.19. The predicted molar refractivity (Wildman–Crippen MR) is 128 cm³/mol. The van der Waals surface area contributed by atoms with Gasteiger partial charge in [-0.15, -0.1) is 11.3 Å². The summed E-state index contributed by atoms with van der Waals surface area (Å²) in [6, 6.07) is 16.8. The molecular weight excluding hydrogens is 400 g/mol. The minimum atomic E-state index is -0.0757. The fourth-order valence-corrected chi connectivity index (χ4v) is 5.78. The zero-order chi connectivity index (χ0) is 21.2. The van der Waals surface area contributed by atoms with Crippen molar-refractivity contribution in [1.82, 2.24) is 20.3 Å². The van der Waals surface area contributed by atoms with E-state index in [1.54, 1.807) is 11.3 Å². The van der Waals surface area contributed by atoms with Gasteiger partial charge in [-0.1, -0.05) is 56.3 Å². The molecule has 0 atom stereocenters. The van der Waals surface area contributed by atoms with Crippen molar-refractivity contribution >= 4 is 32.8 Å². The second-order valence-electron chi connectivity index (χ2n) is 8.64. The Balaban J connectivity index is 1.41. The fourth-order valence-electron chi connectivity index (χ4n) is 4.81. The van der Waals surface area contributed by atoms with Crippen LogP contribution in [0.4, 0.5) is 0 Å². The van der Waals surface area contributed by atoms with Gasteiger partial charge < -0.3 is 5.32 Å². The smallest absolute Gasteiger partial charge is 0.157 e. The second-order valence-corrected chi connectivity index (χ2v) is 9.67. The molecule has 4 aromatic rings. The molecule has 2 aliphatic rings. The van der Waals surface area contributed by atoms with Gasteiger partial charge in [0.1, 0.15) is 5.01 Å². The first-order valence-electron chi connectivity index (χ1n) is 10.5. The van der Waals surface area contributed by atoms with Gasteiger partial charge in [-0.25, -0.2) is 15.0 Å². The van der Waals surface area contributed by atoms with Crippen LogP contribution in [0.15, 0.2) is 60.7 Å². The molecule has 31 heavy (non-hydrogen) atoms. The number of nitrogens with zero attached hydrogens (tertiary/aromatic N) is 3. The maximum Gasteiger partial charge on any atom is 0.157 e. The lowest BCUT2D eigenvalue weighted by Gasteiger charge is -2.23. The van der Waals surface area contributed by atoms with E-state index in [2.05, 4.69) is 80.7 Å². The van der Waals surface area contributed by atoms with Crippen LogP contribution in [-0.2, 0) is 5.41 Å². The van der Waals surface area contributed by atoms with Crippen molar-refractivity contribution in [2.75, 3.05) is 6.54 Å². The van der Waals surface area contributed by atoms with Crippen molar-refractivity contribution in [3.8, 4) is 11.3 Å². The Morgan fingerprint density at radius 3 is 2.55 bits per heavy atom. The third kappa shape index (κ3) is 2.77. The van der Waals surface area contributed by atoms with E-state index in [-0.39, 0.29) is 5.41 Å². The van der Waals surface area contributed by atoms with Crippen molar-refractivity contribution in [2.45, 2.75) is 26.2 Å². The van der Waals surface area contributed by atoms with E-state index in [4.69, 9.17) is 15.0 Å². The molecule has 0 bridgehead atoms. The van der Waals surface area contributed by atoms with Crippen LogP contribution in [0.25, 0.3) is 32.7 Å². The summed E-state index contributed by atoms with van der Waals surface area (Å²) in [6.45, 7) is 7.33. The SMILES string of the molecule is Cc1nc(C2=CC=C(c3nc4ccccc4s3)NC2)nc2c1C(C)(C)c1ccccc1-2. The van der Waals surface area contributed by atoms with Gasteiger partial charge in [0.15, 0.2) is 5.82 Å². The molecule has 0 saturated carbocycles. The highest BCUT2D eigenvalue weighted by Gasteiger charge is 2.38. The number of hydrogen-bond acceptors (Lipinski definition) is 5. The summed E-state index contributed by atoms with van der Waals surface area (Å²) in [4.78, 5) is 14.7. The van der Waals surface area contributed by atoms with E-state index < -0.39 is 0 Å². The van der Waals surface area contributed by atoms with Gasteiger partial charge >= 0.3 is 0 Å². The molecule has 0 saturated heterocycles. The molecule has 6 rings (SSSR count). The Kier molecular flexibility index (Phi) is 3.93. The Labute approximate surface area is 185 Å². The zero-order valence-electron chi connectivity index (χ0n) is 17.7. The maximum absolute atomic E-state index is 5.05. The van der Waals surface area contributed by atoms with Crippen LogP contribution in [-0.4, -0.2) is 21.5 Å². The quantitative estimate of drug-likeness (QED) is 0.448. The largest absolute Gasteiger partial charge is 0.378 e. The van der Waals surface area contributed by atoms with Crippen molar-refractivity contribution in [3.63, 3.8) is 0 Å². The molecular formula is C26H22N4S. The Morgan fingerprint density at radius 1 is 0.935 bits per heavy atom. The fraction of sp³-hybridized carbons (Fsp3) is 0.192. The first-order chi connectivity index (χ1) is 15.0. The summed E-state index contributed by atoms with van der Waals surface area (Å²) in [5.41, 5.74) is 9.04. The highest BCUT2D eigenvalue weighted by Crippen LogP contribution is 2.48. The van der Waals surface area contributed by atoms with Gasteiger partial charge in [-0.05, 0) is 30.7 Å². The van der Waals surface area contributed by atoms with Gasteiger partial charge in [0.05, 0.1) is 21.6 Å². The summed E-state index contributed by atoms with van der Waals surface area (Å²) < 4.78 is 1.20. The van der Waals surface area contributed by atoms with Crippen molar-refractivity contribution in [2.24, 2.45) is 0 Å². The van der Waals surface area contributed by atoms with Crippen LogP contribution in [0.3, 0.4) is 0 Å². The van der Waals surface area contributed by atoms with E-state index in [0.717, 1.165) is 39.0 Å². The van der Waals surface area contributed by atoms with Crippen molar-refractivity contribution in [1.29, 1.82) is 0 Å². The average molecular weight is 423 g/mol. The molecule has 2 aromatic heterocycles. The molecule has 5 heteroatoms. The first-order valence-corrected chi connectivity index (χ1v) is 11.3. The van der Waals surface area contributed by atoms with E-state index in [0.29, 0.717) is 6.54 Å². The molecule has 2 aromatic carbocycles. The number of hydrogen-bond donors (Lipinski definition) is 1. The summed E-state index contributed by atoms with van der Waals surface area (Å²) in [5.74, 6) is 0.802. The molecule has 4 nitrogen and oxygen atoms in total. The van der Waals surface area contributed by atoms with Gasteiger partial charge in [0, 0.05) is 34.4 Å². The van der Waals surface area contributed by atoms with E-state index in [1.165, 1.54) is 21.4 Å². The molecule has 0 unspecified atom stereocenters. The van der Waals surface area contributed by atoms with Crippen LogP contribution >= 0.6 is 11.3 Å². The minimum absolute atomic E-state index is 0.0757. The van der Waals surface area contributed by atoms with Crippen LogP contribution in [0.5, 0.6) is 0 Å². The van der Waals surface area contributed by atoms with Crippen LogP contribution in [0.2, 0.25) is 0 Å². The molecule has 1 aliphatic carbocycles. The van der Waals surface area contributed by atoms with Crippen LogP contribution in [0, 0.1) is 6.92 Å². The number of para-hydroxylation sites is 1. The lowest BCUT2D eigenvalue weighted by Crippen LogP contribution is -2.21. The molecule has 3 heterocycles.